The van der Waals surface area contributed by atoms with Crippen molar-refractivity contribution < 1.29 is 23.1 Å². The minimum Gasteiger partial charge on any atom is -0.477 e. The average molecular weight is 445 g/mol. The van der Waals surface area contributed by atoms with Gasteiger partial charge >= 0.3 is 5.97 Å². The van der Waals surface area contributed by atoms with Crippen LogP contribution in [0.5, 0.6) is 0 Å². The van der Waals surface area contributed by atoms with E-state index in [4.69, 9.17) is 10.8 Å². The third kappa shape index (κ3) is 4.93. The number of fused-ring (bicyclic) bond motifs is 1. The highest BCUT2D eigenvalue weighted by molar-refractivity contribution is 7.89. The van der Waals surface area contributed by atoms with Crippen molar-refractivity contribution in [2.45, 2.75) is 17.9 Å². The lowest BCUT2D eigenvalue weighted by atomic mass is 10.0. The lowest BCUT2D eigenvalue weighted by Crippen LogP contribution is -2.36. The summed E-state index contributed by atoms with van der Waals surface area (Å²) in [5, 5.41) is 10.0. The summed E-state index contributed by atoms with van der Waals surface area (Å²) >= 11 is 1.23. The van der Waals surface area contributed by atoms with Gasteiger partial charge in [-0.05, 0) is 47.2 Å². The quantitative estimate of drug-likeness (QED) is 0.641. The number of carbonyl (C=O) groups excluding carboxylic acids is 1. The molecule has 30 heavy (non-hydrogen) atoms. The Morgan fingerprint density at radius 1 is 1.00 bits per heavy atom. The Hall–Kier alpha value is -3.01. The second-order valence-electron chi connectivity index (χ2n) is 6.53. The fourth-order valence-corrected chi connectivity index (χ4v) is 5.06. The molecule has 0 aliphatic carbocycles. The van der Waals surface area contributed by atoms with Crippen LogP contribution in [0, 0.1) is 0 Å². The van der Waals surface area contributed by atoms with Crippen molar-refractivity contribution in [3.8, 4) is 0 Å². The number of benzene rings is 2. The number of carboxylic acids is 1. The molecular formula is C21H20N2O5S2. The topological polar surface area (TPSA) is 118 Å². The number of carboxylic acid groups (broad SMARTS) is 1. The highest BCUT2D eigenvalue weighted by atomic mass is 32.2. The van der Waals surface area contributed by atoms with Gasteiger partial charge in [0.15, 0.2) is 0 Å². The number of hydrogen-bond acceptors (Lipinski definition) is 5. The largest absolute Gasteiger partial charge is 0.477 e. The first-order valence-electron chi connectivity index (χ1n) is 9.02. The van der Waals surface area contributed by atoms with E-state index in [1.807, 2.05) is 24.3 Å². The Labute approximate surface area is 178 Å². The van der Waals surface area contributed by atoms with Crippen LogP contribution in [0.1, 0.15) is 31.2 Å². The number of aromatic carboxylic acids is 1. The van der Waals surface area contributed by atoms with Gasteiger partial charge in [0.2, 0.25) is 15.9 Å². The summed E-state index contributed by atoms with van der Waals surface area (Å²) in [4.78, 5) is 21.8. The van der Waals surface area contributed by atoms with E-state index in [-0.39, 0.29) is 10.5 Å². The first-order valence-corrected chi connectivity index (χ1v) is 11.3. The fraction of sp³-hybridized carbons (Fsp3) is 0.143. The predicted octanol–water partition coefficient (Wildman–Crippen LogP) is 2.98. The van der Waals surface area contributed by atoms with Crippen molar-refractivity contribution >= 4 is 33.2 Å². The molecule has 0 fully saturated rings. The van der Waals surface area contributed by atoms with Gasteiger partial charge in [-0.3, -0.25) is 4.79 Å². The summed E-state index contributed by atoms with van der Waals surface area (Å²) in [6.45, 7) is 0.777. The van der Waals surface area contributed by atoms with E-state index in [1.54, 1.807) is 17.5 Å². The van der Waals surface area contributed by atoms with Crippen LogP contribution < -0.4 is 5.73 Å². The monoisotopic (exact) mass is 444 g/mol. The zero-order valence-corrected chi connectivity index (χ0v) is 17.5. The van der Waals surface area contributed by atoms with Crippen LogP contribution in [-0.2, 0) is 23.0 Å². The first kappa shape index (κ1) is 21.7. The van der Waals surface area contributed by atoms with Crippen molar-refractivity contribution in [1.82, 2.24) is 4.31 Å². The van der Waals surface area contributed by atoms with Crippen LogP contribution in [0.15, 0.2) is 70.9 Å². The Balaban J connectivity index is 0.000000269. The summed E-state index contributed by atoms with van der Waals surface area (Å²) in [6, 6.07) is 17.0. The number of amides is 1. The lowest BCUT2D eigenvalue weighted by molar-refractivity contribution is 0.0702. The molecule has 0 atom stereocenters. The van der Waals surface area contributed by atoms with E-state index in [0.29, 0.717) is 24.4 Å². The molecule has 0 saturated heterocycles. The number of thiophene rings is 1. The normalized spacial score (nSPS) is 13.6. The highest BCUT2D eigenvalue weighted by Crippen LogP contribution is 2.25. The minimum absolute atomic E-state index is 0.100. The third-order valence-corrected chi connectivity index (χ3v) is 7.28. The summed E-state index contributed by atoms with van der Waals surface area (Å²) in [5.41, 5.74) is 7.61. The second-order valence-corrected chi connectivity index (χ2v) is 9.42. The van der Waals surface area contributed by atoms with Crippen molar-refractivity contribution in [2.24, 2.45) is 5.73 Å². The molecule has 0 unspecified atom stereocenters. The van der Waals surface area contributed by atoms with E-state index in [1.165, 1.54) is 45.5 Å². The van der Waals surface area contributed by atoms with Gasteiger partial charge in [0.25, 0.3) is 0 Å². The van der Waals surface area contributed by atoms with E-state index < -0.39 is 21.9 Å². The molecule has 2 heterocycles. The Bertz CT molecular complexity index is 1160. The zero-order valence-electron chi connectivity index (χ0n) is 15.9. The molecule has 7 nitrogen and oxygen atoms in total. The van der Waals surface area contributed by atoms with Crippen LogP contribution in [0.25, 0.3) is 0 Å². The minimum atomic E-state index is -3.64. The van der Waals surface area contributed by atoms with Gasteiger partial charge in [0.05, 0.1) is 4.90 Å². The molecule has 9 heteroatoms. The van der Waals surface area contributed by atoms with Gasteiger partial charge < -0.3 is 10.8 Å². The van der Waals surface area contributed by atoms with Crippen LogP contribution in [0.2, 0.25) is 0 Å². The fourth-order valence-electron chi connectivity index (χ4n) is 3.03. The molecule has 0 radical (unpaired) electrons. The van der Waals surface area contributed by atoms with E-state index in [0.717, 1.165) is 5.56 Å². The Kier molecular flexibility index (Phi) is 6.66. The van der Waals surface area contributed by atoms with Crippen LogP contribution >= 0.6 is 11.3 Å². The number of rotatable bonds is 4. The summed E-state index contributed by atoms with van der Waals surface area (Å²) in [5.74, 6) is -1.49. The van der Waals surface area contributed by atoms with Gasteiger partial charge in [0.1, 0.15) is 4.88 Å². The number of nitrogens with two attached hydrogens (primary N) is 1. The SMILES string of the molecule is NC(=O)c1cccc(S(=O)(=O)N2CCc3ccccc3C2)c1.O=C(O)c1cccs1. The number of nitrogens with zero attached hydrogens (tertiary/aromatic N) is 1. The second kappa shape index (κ2) is 9.21. The standard InChI is InChI=1S/C16H16N2O3S.C5H4O2S/c17-16(19)13-6-3-7-15(10-13)22(20,21)18-9-8-12-4-1-2-5-14(12)11-18;6-5(7)4-2-1-3-8-4/h1-7,10H,8-9,11H2,(H2,17,19);1-3H,(H,6,7). The van der Waals surface area contributed by atoms with Crippen LogP contribution in [-0.4, -0.2) is 36.3 Å². The molecule has 3 aromatic rings. The van der Waals surface area contributed by atoms with E-state index in [9.17, 15) is 18.0 Å². The third-order valence-electron chi connectivity index (χ3n) is 4.58. The molecule has 3 N–H and O–H groups in total. The molecule has 2 aromatic carbocycles. The molecule has 1 aliphatic rings. The lowest BCUT2D eigenvalue weighted by Gasteiger charge is -2.28. The Morgan fingerprint density at radius 3 is 2.33 bits per heavy atom. The van der Waals surface area contributed by atoms with E-state index in [2.05, 4.69) is 0 Å². The molecule has 4 rings (SSSR count). The predicted molar refractivity (Wildman–Crippen MR) is 114 cm³/mol. The Morgan fingerprint density at radius 2 is 1.73 bits per heavy atom. The number of primary amides is 1. The average Bonchev–Trinajstić information content (AvgIpc) is 3.29. The molecule has 1 amide bonds. The van der Waals surface area contributed by atoms with Crippen LogP contribution in [0.3, 0.4) is 0 Å². The number of hydrogen-bond donors (Lipinski definition) is 2. The van der Waals surface area contributed by atoms with Crippen molar-refractivity contribution in [1.29, 1.82) is 0 Å². The van der Waals surface area contributed by atoms with Crippen molar-refractivity contribution in [3.05, 3.63) is 87.6 Å². The maximum Gasteiger partial charge on any atom is 0.345 e. The first-order chi connectivity index (χ1) is 14.3. The molecule has 1 aliphatic heterocycles. The maximum absolute atomic E-state index is 12.7. The molecule has 0 spiro atoms. The molecule has 0 bridgehead atoms. The molecular weight excluding hydrogens is 424 g/mol. The molecule has 0 saturated carbocycles. The smallest absolute Gasteiger partial charge is 0.345 e. The van der Waals surface area contributed by atoms with Crippen molar-refractivity contribution in [2.75, 3.05) is 6.54 Å². The summed E-state index contributed by atoms with van der Waals surface area (Å²) in [7, 11) is -3.64. The van der Waals surface area contributed by atoms with Crippen molar-refractivity contribution in [3.63, 3.8) is 0 Å². The highest BCUT2D eigenvalue weighted by Gasteiger charge is 2.28. The number of carbonyl (C=O) groups is 2. The van der Waals surface area contributed by atoms with Gasteiger partial charge in [-0.15, -0.1) is 11.3 Å². The molecule has 1 aromatic heterocycles. The number of sulfonamides is 1. The van der Waals surface area contributed by atoms with Gasteiger partial charge in [-0.2, -0.15) is 4.31 Å². The van der Waals surface area contributed by atoms with Gasteiger partial charge in [-0.1, -0.05) is 36.4 Å². The van der Waals surface area contributed by atoms with Gasteiger partial charge in [-0.25, -0.2) is 13.2 Å². The van der Waals surface area contributed by atoms with Gasteiger partial charge in [0, 0.05) is 18.7 Å². The maximum atomic E-state index is 12.7. The van der Waals surface area contributed by atoms with Crippen LogP contribution in [0.4, 0.5) is 0 Å². The van der Waals surface area contributed by atoms with E-state index >= 15 is 0 Å². The molecule has 156 valence electrons. The summed E-state index contributed by atoms with van der Waals surface area (Å²) < 4.78 is 26.9. The summed E-state index contributed by atoms with van der Waals surface area (Å²) in [6.07, 6.45) is 0.685. The zero-order chi connectivity index (χ0) is 21.7.